The first-order valence-corrected chi connectivity index (χ1v) is 12.4. The summed E-state index contributed by atoms with van der Waals surface area (Å²) in [5, 5.41) is 0. The lowest BCUT2D eigenvalue weighted by Gasteiger charge is -2.07. The minimum Gasteiger partial charge on any atom is -0.466 e. The molecule has 0 N–H and O–H groups in total. The molecule has 0 rings (SSSR count). The second-order valence-corrected chi connectivity index (χ2v) is 8.58. The first kappa shape index (κ1) is 26.5. The molecule has 0 fully saturated rings. The van der Waals surface area contributed by atoms with E-state index >= 15 is 0 Å². The van der Waals surface area contributed by atoms with Crippen molar-refractivity contribution in [2.45, 2.75) is 143 Å². The highest BCUT2D eigenvalue weighted by molar-refractivity contribution is 5.69. The second-order valence-electron chi connectivity index (χ2n) is 8.58. The first-order chi connectivity index (χ1) is 13.2. The van der Waals surface area contributed by atoms with Crippen LogP contribution in [0.25, 0.3) is 0 Å². The highest BCUT2D eigenvalue weighted by atomic mass is 16.5. The quantitative estimate of drug-likeness (QED) is 0.147. The van der Waals surface area contributed by atoms with E-state index in [9.17, 15) is 4.79 Å². The van der Waals surface area contributed by atoms with Gasteiger partial charge in [0.15, 0.2) is 0 Å². The molecule has 0 radical (unpaired) electrons. The van der Waals surface area contributed by atoms with Crippen molar-refractivity contribution in [3.63, 3.8) is 0 Å². The Morgan fingerprint density at radius 2 is 1.15 bits per heavy atom. The fraction of sp³-hybridized carbons (Fsp3) is 0.960. The van der Waals surface area contributed by atoms with Gasteiger partial charge in [-0.15, -0.1) is 0 Å². The SMILES string of the molecule is CCCCCCCCCCCCOC(=O)CCCCCCCCC(C)CC. The van der Waals surface area contributed by atoms with E-state index in [0.29, 0.717) is 13.0 Å². The van der Waals surface area contributed by atoms with Crippen molar-refractivity contribution in [3.8, 4) is 0 Å². The van der Waals surface area contributed by atoms with E-state index in [-0.39, 0.29) is 5.97 Å². The predicted octanol–water partition coefficient (Wildman–Crippen LogP) is 8.62. The van der Waals surface area contributed by atoms with Crippen molar-refractivity contribution in [1.29, 1.82) is 0 Å². The lowest BCUT2D eigenvalue weighted by atomic mass is 10.00. The van der Waals surface area contributed by atoms with Gasteiger partial charge in [-0.25, -0.2) is 0 Å². The minimum atomic E-state index is 0.0164. The van der Waals surface area contributed by atoms with Gasteiger partial charge in [0.25, 0.3) is 0 Å². The van der Waals surface area contributed by atoms with Crippen LogP contribution in [0.2, 0.25) is 0 Å². The van der Waals surface area contributed by atoms with Gasteiger partial charge in [0, 0.05) is 6.42 Å². The normalized spacial score (nSPS) is 12.3. The summed E-state index contributed by atoms with van der Waals surface area (Å²) < 4.78 is 5.36. The molecule has 162 valence electrons. The number of rotatable bonds is 21. The molecular formula is C25H50O2. The molecule has 0 bridgehead atoms. The van der Waals surface area contributed by atoms with E-state index < -0.39 is 0 Å². The predicted molar refractivity (Wildman–Crippen MR) is 119 cm³/mol. The molecule has 2 heteroatoms. The van der Waals surface area contributed by atoms with Crippen LogP contribution in [0.15, 0.2) is 0 Å². The Morgan fingerprint density at radius 3 is 1.70 bits per heavy atom. The van der Waals surface area contributed by atoms with Crippen molar-refractivity contribution < 1.29 is 9.53 Å². The van der Waals surface area contributed by atoms with Crippen LogP contribution in [0.3, 0.4) is 0 Å². The molecule has 0 heterocycles. The van der Waals surface area contributed by atoms with Crippen LogP contribution in [0.5, 0.6) is 0 Å². The molecule has 0 aromatic rings. The van der Waals surface area contributed by atoms with E-state index in [4.69, 9.17) is 4.74 Å². The van der Waals surface area contributed by atoms with E-state index in [0.717, 1.165) is 18.8 Å². The summed E-state index contributed by atoms with van der Waals surface area (Å²) in [5.74, 6) is 0.901. The van der Waals surface area contributed by atoms with Gasteiger partial charge in [-0.05, 0) is 18.8 Å². The highest BCUT2D eigenvalue weighted by Crippen LogP contribution is 2.15. The zero-order chi connectivity index (χ0) is 20.0. The molecule has 0 aromatic heterocycles. The number of unbranched alkanes of at least 4 members (excludes halogenated alkanes) is 14. The van der Waals surface area contributed by atoms with E-state index in [1.54, 1.807) is 0 Å². The largest absolute Gasteiger partial charge is 0.466 e. The smallest absolute Gasteiger partial charge is 0.305 e. The third-order valence-electron chi connectivity index (χ3n) is 5.79. The van der Waals surface area contributed by atoms with Gasteiger partial charge in [-0.3, -0.25) is 4.79 Å². The number of esters is 1. The molecule has 27 heavy (non-hydrogen) atoms. The number of carbonyl (C=O) groups is 1. The molecule has 1 atom stereocenters. The van der Waals surface area contributed by atoms with Crippen LogP contribution < -0.4 is 0 Å². The van der Waals surface area contributed by atoms with Gasteiger partial charge in [0.05, 0.1) is 6.61 Å². The van der Waals surface area contributed by atoms with Gasteiger partial charge in [-0.1, -0.05) is 124 Å². The van der Waals surface area contributed by atoms with Crippen molar-refractivity contribution >= 4 is 5.97 Å². The van der Waals surface area contributed by atoms with Crippen molar-refractivity contribution in [2.75, 3.05) is 6.61 Å². The number of carbonyl (C=O) groups excluding carboxylic acids is 1. The van der Waals surface area contributed by atoms with Gasteiger partial charge in [0.2, 0.25) is 0 Å². The molecule has 1 unspecified atom stereocenters. The van der Waals surface area contributed by atoms with Gasteiger partial charge < -0.3 is 4.74 Å². The molecular weight excluding hydrogens is 332 g/mol. The molecule has 0 aliphatic heterocycles. The highest BCUT2D eigenvalue weighted by Gasteiger charge is 2.03. The van der Waals surface area contributed by atoms with Crippen LogP contribution in [0, 0.1) is 5.92 Å². The Labute approximate surface area is 171 Å². The molecule has 0 saturated heterocycles. The fourth-order valence-electron chi connectivity index (χ4n) is 3.52. The Hall–Kier alpha value is -0.530. The maximum Gasteiger partial charge on any atom is 0.305 e. The third-order valence-corrected chi connectivity index (χ3v) is 5.79. The van der Waals surface area contributed by atoms with Crippen LogP contribution in [-0.4, -0.2) is 12.6 Å². The molecule has 0 aliphatic carbocycles. The third kappa shape index (κ3) is 21.6. The molecule has 0 amide bonds. The van der Waals surface area contributed by atoms with Gasteiger partial charge >= 0.3 is 5.97 Å². The topological polar surface area (TPSA) is 26.3 Å². The molecule has 0 saturated carbocycles. The Morgan fingerprint density at radius 1 is 0.667 bits per heavy atom. The lowest BCUT2D eigenvalue weighted by Crippen LogP contribution is -2.05. The van der Waals surface area contributed by atoms with Crippen molar-refractivity contribution in [1.82, 2.24) is 0 Å². The van der Waals surface area contributed by atoms with Crippen molar-refractivity contribution in [2.24, 2.45) is 5.92 Å². The Bertz CT molecular complexity index is 301. The zero-order valence-electron chi connectivity index (χ0n) is 19.0. The monoisotopic (exact) mass is 382 g/mol. The zero-order valence-corrected chi connectivity index (χ0v) is 19.0. The number of hydrogen-bond acceptors (Lipinski definition) is 2. The van der Waals surface area contributed by atoms with Crippen molar-refractivity contribution in [3.05, 3.63) is 0 Å². The van der Waals surface area contributed by atoms with Crippen LogP contribution >= 0.6 is 0 Å². The summed E-state index contributed by atoms with van der Waals surface area (Å²) in [6.07, 6.45) is 24.0. The maximum atomic E-state index is 11.7. The van der Waals surface area contributed by atoms with Crippen LogP contribution in [-0.2, 0) is 9.53 Å². The summed E-state index contributed by atoms with van der Waals surface area (Å²) >= 11 is 0. The van der Waals surface area contributed by atoms with E-state index in [1.165, 1.54) is 103 Å². The Kier molecular flexibility index (Phi) is 21.3. The van der Waals surface area contributed by atoms with Crippen LogP contribution in [0.4, 0.5) is 0 Å². The number of hydrogen-bond donors (Lipinski definition) is 0. The van der Waals surface area contributed by atoms with Gasteiger partial charge in [-0.2, -0.15) is 0 Å². The first-order valence-electron chi connectivity index (χ1n) is 12.4. The van der Waals surface area contributed by atoms with E-state index in [2.05, 4.69) is 20.8 Å². The summed E-state index contributed by atoms with van der Waals surface area (Å²) in [6.45, 7) is 7.52. The fourth-order valence-corrected chi connectivity index (χ4v) is 3.52. The maximum absolute atomic E-state index is 11.7. The van der Waals surface area contributed by atoms with Crippen LogP contribution in [0.1, 0.15) is 143 Å². The standard InChI is InChI=1S/C25H50O2/c1-4-6-7-8-9-10-11-14-17-20-23-27-25(26)22-19-16-13-12-15-18-21-24(3)5-2/h24H,4-23H2,1-3H3. The molecule has 0 aromatic carbocycles. The average Bonchev–Trinajstić information content (AvgIpc) is 2.67. The summed E-state index contributed by atoms with van der Waals surface area (Å²) in [5.41, 5.74) is 0. The molecule has 0 aliphatic rings. The average molecular weight is 383 g/mol. The van der Waals surface area contributed by atoms with E-state index in [1.807, 2.05) is 0 Å². The molecule has 0 spiro atoms. The lowest BCUT2D eigenvalue weighted by molar-refractivity contribution is -0.143. The summed E-state index contributed by atoms with van der Waals surface area (Å²) in [6, 6.07) is 0. The summed E-state index contributed by atoms with van der Waals surface area (Å²) in [4.78, 5) is 11.7. The number of ether oxygens (including phenoxy) is 1. The second kappa shape index (κ2) is 21.8. The minimum absolute atomic E-state index is 0.0164. The summed E-state index contributed by atoms with van der Waals surface area (Å²) in [7, 11) is 0. The van der Waals surface area contributed by atoms with Gasteiger partial charge in [0.1, 0.15) is 0 Å². The molecule has 2 nitrogen and oxygen atoms in total. The Balaban J connectivity index is 3.18.